The molecular weight excluding hydrogens is 162 g/mol. The Morgan fingerprint density at radius 2 is 2.23 bits per heavy atom. The molecule has 1 rings (SSSR count). The SMILES string of the molecule is CCC1CCC(NCC(C)OC)C1. The van der Waals surface area contributed by atoms with Gasteiger partial charge in [-0.15, -0.1) is 0 Å². The highest BCUT2D eigenvalue weighted by atomic mass is 16.5. The van der Waals surface area contributed by atoms with E-state index in [4.69, 9.17) is 4.74 Å². The van der Waals surface area contributed by atoms with Crippen molar-refractivity contribution in [1.82, 2.24) is 5.32 Å². The predicted molar refractivity (Wildman–Crippen MR) is 55.9 cm³/mol. The summed E-state index contributed by atoms with van der Waals surface area (Å²) in [5, 5.41) is 3.57. The van der Waals surface area contributed by atoms with Crippen molar-refractivity contribution < 1.29 is 4.74 Å². The third-order valence-corrected chi connectivity index (χ3v) is 3.21. The zero-order chi connectivity index (χ0) is 9.68. The number of rotatable bonds is 5. The molecule has 0 aromatic carbocycles. The number of ether oxygens (including phenoxy) is 1. The molecule has 0 spiro atoms. The van der Waals surface area contributed by atoms with Crippen LogP contribution in [0.2, 0.25) is 0 Å². The van der Waals surface area contributed by atoms with E-state index >= 15 is 0 Å². The fourth-order valence-electron chi connectivity index (χ4n) is 2.05. The Morgan fingerprint density at radius 1 is 1.46 bits per heavy atom. The van der Waals surface area contributed by atoms with Crippen LogP contribution in [0.3, 0.4) is 0 Å². The van der Waals surface area contributed by atoms with Crippen LogP contribution in [0.5, 0.6) is 0 Å². The van der Waals surface area contributed by atoms with Crippen LogP contribution in [0.4, 0.5) is 0 Å². The number of hydrogen-bond donors (Lipinski definition) is 1. The highest BCUT2D eigenvalue weighted by Crippen LogP contribution is 2.27. The van der Waals surface area contributed by atoms with Gasteiger partial charge in [0.05, 0.1) is 6.10 Å². The molecule has 1 aliphatic rings. The molecule has 0 amide bonds. The maximum Gasteiger partial charge on any atom is 0.0667 e. The van der Waals surface area contributed by atoms with Crippen molar-refractivity contribution in [2.45, 2.75) is 51.7 Å². The molecule has 1 N–H and O–H groups in total. The van der Waals surface area contributed by atoms with Crippen LogP contribution in [0.1, 0.15) is 39.5 Å². The van der Waals surface area contributed by atoms with Crippen molar-refractivity contribution in [2.24, 2.45) is 5.92 Å². The van der Waals surface area contributed by atoms with Gasteiger partial charge in [0.1, 0.15) is 0 Å². The summed E-state index contributed by atoms with van der Waals surface area (Å²) >= 11 is 0. The van der Waals surface area contributed by atoms with Crippen LogP contribution >= 0.6 is 0 Å². The maximum atomic E-state index is 5.20. The Hall–Kier alpha value is -0.0800. The first-order valence-electron chi connectivity index (χ1n) is 5.52. The molecule has 3 unspecified atom stereocenters. The highest BCUT2D eigenvalue weighted by molar-refractivity contribution is 4.80. The van der Waals surface area contributed by atoms with Crippen LogP contribution in [-0.2, 0) is 4.74 Å². The van der Waals surface area contributed by atoms with Crippen molar-refractivity contribution >= 4 is 0 Å². The average Bonchev–Trinajstić information content (AvgIpc) is 2.61. The van der Waals surface area contributed by atoms with Crippen LogP contribution < -0.4 is 5.32 Å². The van der Waals surface area contributed by atoms with Crippen LogP contribution in [-0.4, -0.2) is 25.8 Å². The van der Waals surface area contributed by atoms with Crippen LogP contribution in [0.15, 0.2) is 0 Å². The molecule has 2 nitrogen and oxygen atoms in total. The summed E-state index contributed by atoms with van der Waals surface area (Å²) in [5.41, 5.74) is 0. The van der Waals surface area contributed by atoms with Crippen LogP contribution in [0.25, 0.3) is 0 Å². The molecule has 1 fully saturated rings. The molecule has 3 atom stereocenters. The van der Waals surface area contributed by atoms with Gasteiger partial charge in [0.2, 0.25) is 0 Å². The summed E-state index contributed by atoms with van der Waals surface area (Å²) in [6.07, 6.45) is 5.83. The number of hydrogen-bond acceptors (Lipinski definition) is 2. The molecule has 0 aliphatic heterocycles. The fraction of sp³-hybridized carbons (Fsp3) is 1.00. The van der Waals surface area contributed by atoms with Gasteiger partial charge >= 0.3 is 0 Å². The van der Waals surface area contributed by atoms with E-state index in [1.54, 1.807) is 7.11 Å². The molecule has 0 heterocycles. The lowest BCUT2D eigenvalue weighted by molar-refractivity contribution is 0.114. The molecule has 0 saturated heterocycles. The second-order valence-corrected chi connectivity index (χ2v) is 4.24. The monoisotopic (exact) mass is 185 g/mol. The summed E-state index contributed by atoms with van der Waals surface area (Å²) in [7, 11) is 1.77. The quantitative estimate of drug-likeness (QED) is 0.709. The third-order valence-electron chi connectivity index (χ3n) is 3.21. The van der Waals surface area contributed by atoms with E-state index < -0.39 is 0 Å². The summed E-state index contributed by atoms with van der Waals surface area (Å²) < 4.78 is 5.20. The fourth-order valence-corrected chi connectivity index (χ4v) is 2.05. The van der Waals surface area contributed by atoms with Gasteiger partial charge in [-0.2, -0.15) is 0 Å². The lowest BCUT2D eigenvalue weighted by Gasteiger charge is -2.16. The molecule has 0 aromatic rings. The van der Waals surface area contributed by atoms with Crippen molar-refractivity contribution in [3.63, 3.8) is 0 Å². The average molecular weight is 185 g/mol. The molecule has 1 aliphatic carbocycles. The zero-order valence-corrected chi connectivity index (χ0v) is 9.18. The summed E-state index contributed by atoms with van der Waals surface area (Å²) in [4.78, 5) is 0. The minimum absolute atomic E-state index is 0.348. The number of nitrogens with one attached hydrogen (secondary N) is 1. The van der Waals surface area contributed by atoms with Gasteiger partial charge < -0.3 is 10.1 Å². The Labute approximate surface area is 82.0 Å². The van der Waals surface area contributed by atoms with E-state index in [1.807, 2.05) is 0 Å². The summed E-state index contributed by atoms with van der Waals surface area (Å²) in [6.45, 7) is 5.40. The van der Waals surface area contributed by atoms with E-state index in [0.29, 0.717) is 6.10 Å². The predicted octanol–water partition coefficient (Wildman–Crippen LogP) is 2.19. The van der Waals surface area contributed by atoms with Crippen molar-refractivity contribution in [3.8, 4) is 0 Å². The topological polar surface area (TPSA) is 21.3 Å². The molecule has 0 bridgehead atoms. The molecule has 0 aromatic heterocycles. The first kappa shape index (κ1) is 11.0. The normalized spacial score (nSPS) is 30.7. The maximum absolute atomic E-state index is 5.20. The third kappa shape index (κ3) is 3.65. The minimum Gasteiger partial charge on any atom is -0.380 e. The zero-order valence-electron chi connectivity index (χ0n) is 9.18. The molecule has 2 heteroatoms. The van der Waals surface area contributed by atoms with Gasteiger partial charge in [0.15, 0.2) is 0 Å². The first-order valence-corrected chi connectivity index (χ1v) is 5.52. The van der Waals surface area contributed by atoms with Gasteiger partial charge in [-0.3, -0.25) is 0 Å². The minimum atomic E-state index is 0.348. The summed E-state index contributed by atoms with van der Waals surface area (Å²) in [6, 6.07) is 0.752. The summed E-state index contributed by atoms with van der Waals surface area (Å²) in [5.74, 6) is 0.968. The second-order valence-electron chi connectivity index (χ2n) is 4.24. The van der Waals surface area contributed by atoms with Gasteiger partial charge in [-0.1, -0.05) is 13.3 Å². The largest absolute Gasteiger partial charge is 0.380 e. The number of methoxy groups -OCH3 is 1. The van der Waals surface area contributed by atoms with E-state index in [0.717, 1.165) is 18.5 Å². The van der Waals surface area contributed by atoms with E-state index in [1.165, 1.54) is 25.7 Å². The molecule has 13 heavy (non-hydrogen) atoms. The Morgan fingerprint density at radius 3 is 2.77 bits per heavy atom. The molecule has 78 valence electrons. The smallest absolute Gasteiger partial charge is 0.0667 e. The molecule has 1 saturated carbocycles. The van der Waals surface area contributed by atoms with E-state index in [9.17, 15) is 0 Å². The lowest BCUT2D eigenvalue weighted by atomic mass is 10.1. The Balaban J connectivity index is 2.10. The van der Waals surface area contributed by atoms with Gasteiger partial charge in [-0.05, 0) is 32.1 Å². The second kappa shape index (κ2) is 5.61. The van der Waals surface area contributed by atoms with Crippen molar-refractivity contribution in [1.29, 1.82) is 0 Å². The van der Waals surface area contributed by atoms with Crippen molar-refractivity contribution in [2.75, 3.05) is 13.7 Å². The van der Waals surface area contributed by atoms with Crippen LogP contribution in [0, 0.1) is 5.92 Å². The highest BCUT2D eigenvalue weighted by Gasteiger charge is 2.22. The van der Waals surface area contributed by atoms with Gasteiger partial charge in [-0.25, -0.2) is 0 Å². The lowest BCUT2D eigenvalue weighted by Crippen LogP contribution is -2.33. The standard InChI is InChI=1S/C11H23NO/c1-4-10-5-6-11(7-10)12-8-9(2)13-3/h9-12H,4-8H2,1-3H3. The van der Waals surface area contributed by atoms with Crippen molar-refractivity contribution in [3.05, 3.63) is 0 Å². The Bertz CT molecular complexity index is 138. The molecular formula is C11H23NO. The first-order chi connectivity index (χ1) is 6.26. The van der Waals surface area contributed by atoms with Gasteiger partial charge in [0.25, 0.3) is 0 Å². The van der Waals surface area contributed by atoms with E-state index in [2.05, 4.69) is 19.2 Å². The molecule has 0 radical (unpaired) electrons. The Kier molecular flexibility index (Phi) is 4.74. The van der Waals surface area contributed by atoms with E-state index in [-0.39, 0.29) is 0 Å². The van der Waals surface area contributed by atoms with Gasteiger partial charge in [0, 0.05) is 19.7 Å².